The van der Waals surface area contributed by atoms with Crippen LogP contribution in [0.15, 0.2) is 79.1 Å². The Kier molecular flexibility index (Phi) is 9.49. The molecule has 234 valence electrons. The van der Waals surface area contributed by atoms with Gasteiger partial charge in [0.15, 0.2) is 0 Å². The summed E-state index contributed by atoms with van der Waals surface area (Å²) in [5.41, 5.74) is 12.4. The fourth-order valence-corrected chi connectivity index (χ4v) is 6.27. The second-order valence-electron chi connectivity index (χ2n) is 12.2. The third-order valence-electron chi connectivity index (χ3n) is 9.22. The van der Waals surface area contributed by atoms with Gasteiger partial charge in [0, 0.05) is 55.7 Å². The number of hydrogen-bond donors (Lipinski definition) is 2. The lowest BCUT2D eigenvalue weighted by Gasteiger charge is -2.36. The van der Waals surface area contributed by atoms with Gasteiger partial charge >= 0.3 is 0 Å². The molecule has 1 saturated heterocycles. The summed E-state index contributed by atoms with van der Waals surface area (Å²) < 4.78 is 19.6. The Morgan fingerprint density at radius 1 is 0.933 bits per heavy atom. The Hall–Kier alpha value is -4.18. The zero-order valence-electron chi connectivity index (χ0n) is 26.0. The van der Waals surface area contributed by atoms with Gasteiger partial charge in [-0.05, 0) is 73.7 Å². The molecule has 2 aliphatic rings. The number of ether oxygens (including phenoxy) is 1. The number of rotatable bonds is 9. The Bertz CT molecular complexity index is 1590. The van der Waals surface area contributed by atoms with Crippen LogP contribution < -0.4 is 11.1 Å². The molecule has 2 aromatic carbocycles. The van der Waals surface area contributed by atoms with Gasteiger partial charge in [-0.3, -0.25) is 9.69 Å². The van der Waals surface area contributed by atoms with Crippen molar-refractivity contribution >= 4 is 11.7 Å². The number of carbonyl (C=O) groups is 1. The quantitative estimate of drug-likeness (QED) is 0.235. The molecule has 0 unspecified atom stereocenters. The SMILES string of the molecule is C[C@@H](c1ccc(-c2ccc(CO[C@H]3CCC[C@@H]3NC(=O)c3cc(-c4ccc(F)nc4)cnc3N)cc2)cc1)N1CCN(C)CC1. The number of benzene rings is 2. The van der Waals surface area contributed by atoms with Crippen LogP contribution in [-0.2, 0) is 11.3 Å². The van der Waals surface area contributed by atoms with Gasteiger partial charge in [0.05, 0.1) is 24.3 Å². The number of pyridine rings is 2. The molecule has 2 aromatic heterocycles. The minimum atomic E-state index is -0.570. The van der Waals surface area contributed by atoms with Crippen molar-refractivity contribution in [3.63, 3.8) is 0 Å². The minimum absolute atomic E-state index is 0.0953. The first kappa shape index (κ1) is 30.8. The van der Waals surface area contributed by atoms with E-state index < -0.39 is 5.95 Å². The van der Waals surface area contributed by atoms with Crippen molar-refractivity contribution in [2.75, 3.05) is 39.0 Å². The first-order valence-electron chi connectivity index (χ1n) is 15.8. The maximum absolute atomic E-state index is 13.3. The Balaban J connectivity index is 1.03. The molecule has 4 aromatic rings. The Morgan fingerprint density at radius 2 is 1.60 bits per heavy atom. The van der Waals surface area contributed by atoms with E-state index in [1.54, 1.807) is 18.3 Å². The maximum atomic E-state index is 13.3. The van der Waals surface area contributed by atoms with E-state index in [1.165, 1.54) is 29.0 Å². The molecule has 0 spiro atoms. The molecule has 3 N–H and O–H groups in total. The van der Waals surface area contributed by atoms with Crippen molar-refractivity contribution in [3.05, 3.63) is 102 Å². The Labute approximate surface area is 264 Å². The second-order valence-corrected chi connectivity index (χ2v) is 12.2. The van der Waals surface area contributed by atoms with Crippen LogP contribution in [0.4, 0.5) is 10.2 Å². The molecule has 3 atom stereocenters. The summed E-state index contributed by atoms with van der Waals surface area (Å²) in [6, 6.07) is 22.3. The predicted molar refractivity (Wildman–Crippen MR) is 175 cm³/mol. The number of carbonyl (C=O) groups excluding carboxylic acids is 1. The lowest BCUT2D eigenvalue weighted by atomic mass is 9.99. The maximum Gasteiger partial charge on any atom is 0.255 e. The highest BCUT2D eigenvalue weighted by molar-refractivity contribution is 5.99. The predicted octanol–water partition coefficient (Wildman–Crippen LogP) is 5.71. The number of likely N-dealkylation sites (N-methyl/N-ethyl adjacent to an activating group) is 1. The van der Waals surface area contributed by atoms with Crippen molar-refractivity contribution in [1.29, 1.82) is 0 Å². The monoisotopic (exact) mass is 608 g/mol. The number of nitrogens with two attached hydrogens (primary N) is 1. The molecule has 0 bridgehead atoms. The van der Waals surface area contributed by atoms with Crippen LogP contribution in [0.5, 0.6) is 0 Å². The van der Waals surface area contributed by atoms with Crippen LogP contribution >= 0.6 is 0 Å². The van der Waals surface area contributed by atoms with Gasteiger partial charge in [0.2, 0.25) is 5.95 Å². The number of hydrogen-bond acceptors (Lipinski definition) is 7. The van der Waals surface area contributed by atoms with Crippen LogP contribution in [0.2, 0.25) is 0 Å². The molecule has 2 fully saturated rings. The first-order valence-corrected chi connectivity index (χ1v) is 15.8. The highest BCUT2D eigenvalue weighted by Crippen LogP contribution is 2.28. The van der Waals surface area contributed by atoms with Gasteiger partial charge in [-0.2, -0.15) is 4.39 Å². The minimum Gasteiger partial charge on any atom is -0.383 e. The molecule has 1 amide bonds. The van der Waals surface area contributed by atoms with E-state index in [2.05, 4.69) is 87.6 Å². The summed E-state index contributed by atoms with van der Waals surface area (Å²) >= 11 is 0. The van der Waals surface area contributed by atoms with E-state index in [0.717, 1.165) is 51.0 Å². The molecule has 45 heavy (non-hydrogen) atoms. The van der Waals surface area contributed by atoms with Crippen LogP contribution in [0.3, 0.4) is 0 Å². The first-order chi connectivity index (χ1) is 21.8. The van der Waals surface area contributed by atoms with Gasteiger partial charge in [0.1, 0.15) is 5.82 Å². The number of aromatic nitrogens is 2. The summed E-state index contributed by atoms with van der Waals surface area (Å²) in [5, 5.41) is 3.11. The molecule has 1 aliphatic heterocycles. The summed E-state index contributed by atoms with van der Waals surface area (Å²) in [7, 11) is 2.19. The smallest absolute Gasteiger partial charge is 0.255 e. The van der Waals surface area contributed by atoms with Crippen molar-refractivity contribution in [1.82, 2.24) is 25.1 Å². The molecular formula is C36H41FN6O2. The van der Waals surface area contributed by atoms with E-state index >= 15 is 0 Å². The normalized spacial score (nSPS) is 19.8. The zero-order chi connectivity index (χ0) is 31.3. The molecular weight excluding hydrogens is 567 g/mol. The lowest BCUT2D eigenvalue weighted by Crippen LogP contribution is -2.45. The highest BCUT2D eigenvalue weighted by Gasteiger charge is 2.30. The lowest BCUT2D eigenvalue weighted by molar-refractivity contribution is 0.0272. The highest BCUT2D eigenvalue weighted by atomic mass is 19.1. The molecule has 1 saturated carbocycles. The fraction of sp³-hybridized carbons (Fsp3) is 0.361. The molecule has 0 radical (unpaired) electrons. The average Bonchev–Trinajstić information content (AvgIpc) is 3.51. The third-order valence-corrected chi connectivity index (χ3v) is 9.22. The molecule has 1 aliphatic carbocycles. The average molecular weight is 609 g/mol. The van der Waals surface area contributed by atoms with Crippen molar-refractivity contribution in [2.45, 2.75) is 51.0 Å². The van der Waals surface area contributed by atoms with E-state index in [0.29, 0.717) is 23.8 Å². The van der Waals surface area contributed by atoms with Gasteiger partial charge in [-0.25, -0.2) is 9.97 Å². The summed E-state index contributed by atoms with van der Waals surface area (Å²) in [6.45, 7) is 7.22. The molecule has 3 heterocycles. The van der Waals surface area contributed by atoms with E-state index in [1.807, 2.05) is 0 Å². The van der Waals surface area contributed by atoms with Gasteiger partial charge in [-0.1, -0.05) is 48.5 Å². The molecule has 6 rings (SSSR count). The number of nitrogens with one attached hydrogen (secondary N) is 1. The summed E-state index contributed by atoms with van der Waals surface area (Å²) in [6.07, 6.45) is 5.53. The van der Waals surface area contributed by atoms with Gasteiger partial charge in [-0.15, -0.1) is 0 Å². The van der Waals surface area contributed by atoms with Crippen molar-refractivity contribution < 1.29 is 13.9 Å². The van der Waals surface area contributed by atoms with Crippen LogP contribution in [0.25, 0.3) is 22.3 Å². The zero-order valence-corrected chi connectivity index (χ0v) is 26.0. The number of nitrogen functional groups attached to an aromatic ring is 1. The van der Waals surface area contributed by atoms with E-state index in [-0.39, 0.29) is 29.4 Å². The number of amides is 1. The fourth-order valence-electron chi connectivity index (χ4n) is 6.27. The van der Waals surface area contributed by atoms with Crippen molar-refractivity contribution in [2.24, 2.45) is 0 Å². The van der Waals surface area contributed by atoms with Crippen LogP contribution in [0.1, 0.15) is 53.7 Å². The third kappa shape index (κ3) is 7.39. The molecule has 9 heteroatoms. The van der Waals surface area contributed by atoms with Crippen molar-refractivity contribution in [3.8, 4) is 22.3 Å². The van der Waals surface area contributed by atoms with Crippen LogP contribution in [0, 0.1) is 5.95 Å². The Morgan fingerprint density at radius 3 is 2.29 bits per heavy atom. The number of halogens is 1. The van der Waals surface area contributed by atoms with E-state index in [9.17, 15) is 9.18 Å². The topological polar surface area (TPSA) is 96.6 Å². The van der Waals surface area contributed by atoms with Crippen LogP contribution in [-0.4, -0.2) is 71.0 Å². The largest absolute Gasteiger partial charge is 0.383 e. The molecule has 8 nitrogen and oxygen atoms in total. The van der Waals surface area contributed by atoms with Gasteiger partial charge < -0.3 is 20.7 Å². The standard InChI is InChI=1S/C36H41FN6O2/c1-24(43-18-16-42(2)17-19-43)26-10-12-28(13-11-26)27-8-6-25(7-9-27)23-45-33-5-3-4-32(33)41-36(44)31-20-30(22-40-35(31)38)29-14-15-34(37)39-21-29/h6-15,20-22,24,32-33H,3-5,16-19,23H2,1-2H3,(H2,38,40)(H,41,44)/t24-,32-,33-/m0/s1. The van der Waals surface area contributed by atoms with Gasteiger partial charge in [0.25, 0.3) is 5.91 Å². The number of anilines is 1. The number of nitrogens with zero attached hydrogens (tertiary/aromatic N) is 4. The second kappa shape index (κ2) is 13.9. The summed E-state index contributed by atoms with van der Waals surface area (Å²) in [5.74, 6) is -0.730. The van der Waals surface area contributed by atoms with E-state index in [4.69, 9.17) is 10.5 Å². The summed E-state index contributed by atoms with van der Waals surface area (Å²) in [4.78, 5) is 26.1. The number of piperazine rings is 1.